The molecule has 0 aromatic rings. The molecule has 10 fully saturated rings. The fraction of sp³-hybridized carbons (Fsp3) is 0.957. The van der Waals surface area contributed by atoms with Crippen LogP contribution in [0.25, 0.3) is 0 Å². The molecular weight excluding hydrogens is 1260 g/mol. The lowest BCUT2D eigenvalue weighted by Gasteiger charge is -2.65. The van der Waals surface area contributed by atoms with E-state index in [1.54, 1.807) is 49.4 Å². The number of hydrogen-bond acceptors (Lipinski definition) is 27. The van der Waals surface area contributed by atoms with E-state index in [1.165, 1.54) is 12.7 Å². The molecular formula is C69H114O27. The van der Waals surface area contributed by atoms with Crippen LogP contribution in [0.3, 0.4) is 0 Å². The van der Waals surface area contributed by atoms with E-state index in [2.05, 4.69) is 13.0 Å². The molecule has 11 rings (SSSR count). The Hall–Kier alpha value is -1.63. The molecule has 6 N–H and O–H groups in total. The van der Waals surface area contributed by atoms with Crippen LogP contribution < -0.4 is 0 Å². The first-order valence-corrected chi connectivity index (χ1v) is 35.3. The van der Waals surface area contributed by atoms with Gasteiger partial charge in [-0.05, 0) is 111 Å². The topological polar surface area (TPSA) is 323 Å². The van der Waals surface area contributed by atoms with Crippen molar-refractivity contribution in [3.8, 4) is 0 Å². The summed E-state index contributed by atoms with van der Waals surface area (Å²) >= 11 is 0. The van der Waals surface area contributed by atoms with Crippen molar-refractivity contribution in [3.63, 3.8) is 0 Å². The lowest BCUT2D eigenvalue weighted by atomic mass is 9.43. The zero-order valence-corrected chi connectivity index (χ0v) is 58.9. The van der Waals surface area contributed by atoms with E-state index < -0.39 is 195 Å². The minimum Gasteiger partial charge on any atom is -0.394 e. The Balaban J connectivity index is 0.624. The molecule has 3 saturated carbocycles. The van der Waals surface area contributed by atoms with Gasteiger partial charge >= 0.3 is 0 Å². The fourth-order valence-electron chi connectivity index (χ4n) is 18.9. The molecule has 27 heteroatoms. The van der Waals surface area contributed by atoms with E-state index in [1.807, 2.05) is 41.5 Å². The number of Topliss-reactive ketones (excluding diaryl/α,β-unsaturated/α-hetero) is 1. The lowest BCUT2D eigenvalue weighted by Crippen LogP contribution is -2.71. The molecule has 4 aliphatic carbocycles. The molecule has 7 saturated heterocycles. The van der Waals surface area contributed by atoms with E-state index >= 15 is 0 Å². The van der Waals surface area contributed by atoms with Crippen molar-refractivity contribution in [3.05, 3.63) is 11.6 Å². The Bertz CT molecular complexity index is 2570. The Labute approximate surface area is 565 Å². The first-order chi connectivity index (χ1) is 45.7. The van der Waals surface area contributed by atoms with Crippen LogP contribution in [0.4, 0.5) is 0 Å². The number of methoxy groups -OCH3 is 6. The monoisotopic (exact) mass is 1370 g/mol. The minimum atomic E-state index is -1.60. The predicted octanol–water partition coefficient (Wildman–Crippen LogP) is 3.78. The maximum Gasteiger partial charge on any atom is 0.187 e. The van der Waals surface area contributed by atoms with Gasteiger partial charge in [-0.2, -0.15) is 0 Å². The Morgan fingerprint density at radius 2 is 0.844 bits per heavy atom. The van der Waals surface area contributed by atoms with Gasteiger partial charge in [0, 0.05) is 92.5 Å². The fourth-order valence-corrected chi connectivity index (χ4v) is 18.9. The third kappa shape index (κ3) is 14.5. The SMILES string of the molecule is CO[C@H]1C[C@H](O[C@@H]2[C@@H](C)O[C@@H](O[C@@H]3[C@@H](C)O[C@@H](O[C@@H]4[C@@H](C)O[C@@H](O[C@H]5CC[C@@]6(C)C(=CC[C@]7(O)[C@@H]6CC[C@]6(C)[C@@H](C(C)=O)CC[C@@]67O)C5)C[C@H]4OC)C[C@H]3OC)C[C@H]2OC)O[C@H](C)[C@H]1O[C@H]1C[C@H](OC)[C@H](O[C@H]2C[C@@H](OC)[C@@H](O[C@@H]3O[C@H](CO)[C@@H](O)[C@H](O)[C@H]3O)[C@@H](C)O2)[C@@H](C)O1. The van der Waals surface area contributed by atoms with Crippen molar-refractivity contribution < 1.29 is 130 Å². The molecule has 7 heterocycles. The average molecular weight is 1380 g/mol. The second-order valence-electron chi connectivity index (χ2n) is 29.8. The summed E-state index contributed by atoms with van der Waals surface area (Å²) in [6.07, 6.45) is -11.2. The Morgan fingerprint density at radius 3 is 1.20 bits per heavy atom. The molecule has 552 valence electrons. The van der Waals surface area contributed by atoms with Crippen LogP contribution in [0, 0.1) is 22.7 Å². The Morgan fingerprint density at radius 1 is 0.479 bits per heavy atom. The number of ketones is 1. The largest absolute Gasteiger partial charge is 0.394 e. The van der Waals surface area contributed by atoms with Gasteiger partial charge in [0.25, 0.3) is 0 Å². The predicted molar refractivity (Wildman–Crippen MR) is 335 cm³/mol. The molecule has 0 bridgehead atoms. The van der Waals surface area contributed by atoms with Gasteiger partial charge in [-0.25, -0.2) is 0 Å². The summed E-state index contributed by atoms with van der Waals surface area (Å²) in [7, 11) is 9.71. The van der Waals surface area contributed by atoms with E-state index in [0.717, 1.165) is 19.3 Å². The smallest absolute Gasteiger partial charge is 0.187 e. The number of hydrogen-bond donors (Lipinski definition) is 6. The van der Waals surface area contributed by atoms with Crippen LogP contribution >= 0.6 is 0 Å². The van der Waals surface area contributed by atoms with E-state index in [4.69, 9.17) is 94.7 Å². The van der Waals surface area contributed by atoms with Crippen LogP contribution in [0.2, 0.25) is 0 Å². The zero-order chi connectivity index (χ0) is 69.1. The highest BCUT2D eigenvalue weighted by Gasteiger charge is 2.73. The maximum absolute atomic E-state index is 12.8. The molecule has 0 unspecified atom stereocenters. The van der Waals surface area contributed by atoms with Crippen molar-refractivity contribution in [1.82, 2.24) is 0 Å². The van der Waals surface area contributed by atoms with E-state index in [-0.39, 0.29) is 41.7 Å². The van der Waals surface area contributed by atoms with Gasteiger partial charge in [0.2, 0.25) is 0 Å². The van der Waals surface area contributed by atoms with E-state index in [0.29, 0.717) is 64.2 Å². The van der Waals surface area contributed by atoms with Crippen LogP contribution in [0.15, 0.2) is 11.6 Å². The first kappa shape index (κ1) is 75.5. The first-order valence-electron chi connectivity index (χ1n) is 35.3. The lowest BCUT2D eigenvalue weighted by molar-refractivity contribution is -0.360. The molecule has 0 radical (unpaired) electrons. The second kappa shape index (κ2) is 31.0. The number of carbonyl (C=O) groups excluding carboxylic acids is 1. The second-order valence-corrected chi connectivity index (χ2v) is 29.8. The van der Waals surface area contributed by atoms with Gasteiger partial charge in [0.15, 0.2) is 44.0 Å². The highest BCUT2D eigenvalue weighted by molar-refractivity contribution is 5.80. The molecule has 11 aliphatic rings. The van der Waals surface area contributed by atoms with Crippen molar-refractivity contribution in [2.75, 3.05) is 49.3 Å². The third-order valence-electron chi connectivity index (χ3n) is 24.4. The summed E-state index contributed by atoms with van der Waals surface area (Å²) < 4.78 is 127. The molecule has 0 aromatic heterocycles. The molecule has 36 atom stereocenters. The number of fused-ring (bicyclic) bond motifs is 5. The molecule has 7 aliphatic heterocycles. The molecule has 0 aromatic carbocycles. The number of aliphatic hydroxyl groups is 6. The van der Waals surface area contributed by atoms with Crippen LogP contribution in [0.5, 0.6) is 0 Å². The van der Waals surface area contributed by atoms with Crippen LogP contribution in [0.1, 0.15) is 152 Å². The molecule has 0 spiro atoms. The van der Waals surface area contributed by atoms with Gasteiger partial charge in [0.1, 0.15) is 72.4 Å². The molecule has 96 heavy (non-hydrogen) atoms. The third-order valence-corrected chi connectivity index (χ3v) is 24.4. The number of ether oxygens (including phenoxy) is 20. The highest BCUT2D eigenvalue weighted by Crippen LogP contribution is 2.69. The summed E-state index contributed by atoms with van der Waals surface area (Å²) in [5.74, 6) is -0.270. The summed E-state index contributed by atoms with van der Waals surface area (Å²) in [6.45, 7) is 16.7. The van der Waals surface area contributed by atoms with Crippen molar-refractivity contribution >= 4 is 5.78 Å². The van der Waals surface area contributed by atoms with Gasteiger partial charge in [-0.3, -0.25) is 4.79 Å². The highest BCUT2D eigenvalue weighted by atomic mass is 16.8. The summed E-state index contributed by atoms with van der Waals surface area (Å²) in [6, 6.07) is 0. The number of carbonyl (C=O) groups is 1. The van der Waals surface area contributed by atoms with Gasteiger partial charge in [-0.1, -0.05) is 25.5 Å². The minimum absolute atomic E-state index is 0.0989. The maximum atomic E-state index is 12.8. The molecule has 27 nitrogen and oxygen atoms in total. The normalized spacial score (nSPS) is 52.4. The number of aliphatic hydroxyl groups excluding tert-OH is 4. The average Bonchev–Trinajstić information content (AvgIpc) is 1.35. The van der Waals surface area contributed by atoms with Crippen molar-refractivity contribution in [2.24, 2.45) is 22.7 Å². The van der Waals surface area contributed by atoms with Crippen LogP contribution in [-0.2, 0) is 99.5 Å². The van der Waals surface area contributed by atoms with Crippen LogP contribution in [-0.4, -0.2) is 281 Å². The standard InChI is InChI=1S/C69H114O27/c1-32(71)41-18-23-69(76)67(41,9)21-19-49-66(8)20-17-40(24-39(66)16-22-68(49,69)75)89-50-25-42(77-10)59(33(2)83-50)91-51-26-43(78-11)60(34(3)84-51)92-52-27-44(79-12)61(35(4)85-52)93-53-28-45(80-13)62(36(5)86-53)94-54-29-46(81-14)63(37(6)87-54)95-55-30-47(82-15)64(38(7)88-55)96-65-58(74)57(73)56(72)48(31-70)90-65/h16,33-38,40-65,70,72-76H,17-31H2,1-15H3/t33-,34-,35-,36-,37-,38-,40+,41-,42-,43-,44-,45+,46+,47-,48-,49-,50+,51+,52+,53+,54+,55+,56-,57+,58-,59-,60-,61-,62-,63-,64+,65+,66+,67-,68+,69-/m1/s1. The number of rotatable bonds is 22. The molecule has 0 amide bonds. The van der Waals surface area contributed by atoms with Gasteiger partial charge in [-0.15, -0.1) is 0 Å². The van der Waals surface area contributed by atoms with E-state index in [9.17, 15) is 35.4 Å². The Kier molecular flexibility index (Phi) is 24.4. The summed E-state index contributed by atoms with van der Waals surface area (Å²) in [5, 5.41) is 66.1. The summed E-state index contributed by atoms with van der Waals surface area (Å²) in [5.41, 5.74) is -2.32. The summed E-state index contributed by atoms with van der Waals surface area (Å²) in [4.78, 5) is 12.8. The van der Waals surface area contributed by atoms with Gasteiger partial charge in [0.05, 0.1) is 91.6 Å². The van der Waals surface area contributed by atoms with Crippen molar-refractivity contribution in [2.45, 2.75) is 348 Å². The van der Waals surface area contributed by atoms with Crippen molar-refractivity contribution in [1.29, 1.82) is 0 Å². The quantitative estimate of drug-likeness (QED) is 0.0840. The van der Waals surface area contributed by atoms with Gasteiger partial charge < -0.3 is 125 Å². The zero-order valence-electron chi connectivity index (χ0n) is 58.9.